The molecule has 47 heavy (non-hydrogen) atoms. The number of piperazine rings is 1. The molecule has 0 radical (unpaired) electrons. The van der Waals surface area contributed by atoms with Crippen LogP contribution in [0, 0.1) is 5.92 Å². The molecule has 6 heterocycles. The molecule has 3 atom stereocenters. The van der Waals surface area contributed by atoms with Crippen LogP contribution >= 0.6 is 0 Å². The number of aliphatic hydroxyl groups excluding tert-OH is 1. The summed E-state index contributed by atoms with van der Waals surface area (Å²) in [5, 5.41) is 36.6. The van der Waals surface area contributed by atoms with Crippen LogP contribution in [0.5, 0.6) is 11.6 Å². The molecule has 4 aliphatic heterocycles. The van der Waals surface area contributed by atoms with E-state index in [1.165, 1.54) is 0 Å². The SMILES string of the molecule is CC(C)[C@@H](C(=O)N1CC[C@@H](O)C1)c1cc(OCCN2CCC(N3CCN4c5cc(-c6ccccc6O)nnc5NC[C@@H]4C3)CC2)no1. The van der Waals surface area contributed by atoms with Crippen LogP contribution in [0.3, 0.4) is 0 Å². The van der Waals surface area contributed by atoms with Crippen LogP contribution in [-0.4, -0.2) is 130 Å². The topological polar surface area (TPSA) is 144 Å². The van der Waals surface area contributed by atoms with Crippen molar-refractivity contribution in [3.8, 4) is 22.9 Å². The van der Waals surface area contributed by atoms with Gasteiger partial charge in [0.15, 0.2) is 11.6 Å². The van der Waals surface area contributed by atoms with Gasteiger partial charge in [-0.3, -0.25) is 14.6 Å². The molecule has 0 bridgehead atoms. The number of hydrogen-bond donors (Lipinski definition) is 3. The van der Waals surface area contributed by atoms with E-state index in [0.29, 0.717) is 61.1 Å². The Bertz CT molecular complexity index is 1540. The predicted molar refractivity (Wildman–Crippen MR) is 177 cm³/mol. The average Bonchev–Trinajstić information content (AvgIpc) is 3.73. The largest absolute Gasteiger partial charge is 0.507 e. The van der Waals surface area contributed by atoms with Crippen molar-refractivity contribution >= 4 is 17.4 Å². The smallest absolute Gasteiger partial charge is 0.254 e. The van der Waals surface area contributed by atoms with Crippen molar-refractivity contribution in [2.45, 2.75) is 57.2 Å². The summed E-state index contributed by atoms with van der Waals surface area (Å²) in [5.74, 6) is 1.51. The van der Waals surface area contributed by atoms with E-state index in [1.807, 2.05) is 32.0 Å². The monoisotopic (exact) mass is 646 g/mol. The van der Waals surface area contributed by atoms with Gasteiger partial charge < -0.3 is 34.6 Å². The van der Waals surface area contributed by atoms with Crippen molar-refractivity contribution in [2.24, 2.45) is 5.92 Å². The highest BCUT2D eigenvalue weighted by Crippen LogP contribution is 2.37. The molecule has 13 heteroatoms. The Balaban J connectivity index is 0.875. The van der Waals surface area contributed by atoms with E-state index in [9.17, 15) is 15.0 Å². The summed E-state index contributed by atoms with van der Waals surface area (Å²) in [6, 6.07) is 12.0. The molecular weight excluding hydrogens is 600 g/mol. The van der Waals surface area contributed by atoms with Crippen LogP contribution in [0.1, 0.15) is 44.8 Å². The van der Waals surface area contributed by atoms with Gasteiger partial charge >= 0.3 is 0 Å². The zero-order valence-electron chi connectivity index (χ0n) is 27.3. The first-order chi connectivity index (χ1) is 22.8. The van der Waals surface area contributed by atoms with E-state index >= 15 is 0 Å². The van der Waals surface area contributed by atoms with Crippen LogP contribution < -0.4 is 15.0 Å². The van der Waals surface area contributed by atoms with E-state index in [2.05, 4.69) is 41.4 Å². The number of aliphatic hydroxyl groups is 1. The Kier molecular flexibility index (Phi) is 9.20. The lowest BCUT2D eigenvalue weighted by molar-refractivity contribution is -0.133. The summed E-state index contributed by atoms with van der Waals surface area (Å²) in [7, 11) is 0. The Morgan fingerprint density at radius 3 is 2.64 bits per heavy atom. The van der Waals surface area contributed by atoms with Gasteiger partial charge in [-0.25, -0.2) is 0 Å². The number of aromatic hydroxyl groups is 1. The third-order valence-electron chi connectivity index (χ3n) is 10.2. The molecule has 0 spiro atoms. The molecule has 0 aliphatic carbocycles. The number of β-amino-alcohol motifs (C(OH)–C–C–N with tert-alkyl or cyclic N) is 1. The molecule has 2 aromatic heterocycles. The highest BCUT2D eigenvalue weighted by Gasteiger charge is 2.37. The molecule has 13 nitrogen and oxygen atoms in total. The molecule has 3 fully saturated rings. The Labute approximate surface area is 275 Å². The first-order valence-corrected chi connectivity index (χ1v) is 17.0. The van der Waals surface area contributed by atoms with E-state index in [0.717, 1.165) is 70.2 Å². The second-order valence-corrected chi connectivity index (χ2v) is 13.6. The molecular formula is C34H46N8O5. The van der Waals surface area contributed by atoms with Gasteiger partial charge in [0.05, 0.1) is 23.5 Å². The summed E-state index contributed by atoms with van der Waals surface area (Å²) >= 11 is 0. The third-order valence-corrected chi connectivity index (χ3v) is 10.2. The molecule has 4 aliphatic rings. The van der Waals surface area contributed by atoms with Crippen molar-refractivity contribution in [1.82, 2.24) is 30.1 Å². The maximum Gasteiger partial charge on any atom is 0.254 e. The van der Waals surface area contributed by atoms with E-state index in [-0.39, 0.29) is 17.6 Å². The number of phenolic OH excluding ortho intramolecular Hbond substituents is 1. The van der Waals surface area contributed by atoms with Crippen molar-refractivity contribution in [3.63, 3.8) is 0 Å². The van der Waals surface area contributed by atoms with Crippen molar-refractivity contribution in [2.75, 3.05) is 75.7 Å². The van der Waals surface area contributed by atoms with Crippen molar-refractivity contribution in [1.29, 1.82) is 0 Å². The molecule has 7 rings (SSSR count). The minimum atomic E-state index is -0.453. The number of likely N-dealkylation sites (tertiary alicyclic amines) is 2. The lowest BCUT2D eigenvalue weighted by Crippen LogP contribution is -2.61. The van der Waals surface area contributed by atoms with Crippen LogP contribution in [0.15, 0.2) is 40.9 Å². The van der Waals surface area contributed by atoms with Gasteiger partial charge in [0.25, 0.3) is 5.88 Å². The zero-order chi connectivity index (χ0) is 32.5. The number of para-hydroxylation sites is 1. The van der Waals surface area contributed by atoms with E-state index in [1.54, 1.807) is 17.0 Å². The number of hydrogen-bond acceptors (Lipinski definition) is 12. The normalized spacial score (nSPS) is 23.0. The second-order valence-electron chi connectivity index (χ2n) is 13.6. The minimum Gasteiger partial charge on any atom is -0.507 e. The lowest BCUT2D eigenvalue weighted by atomic mass is 9.92. The summed E-state index contributed by atoms with van der Waals surface area (Å²) < 4.78 is 11.5. The number of benzene rings is 1. The van der Waals surface area contributed by atoms with Gasteiger partial charge in [-0.2, -0.15) is 0 Å². The molecule has 1 aromatic carbocycles. The third kappa shape index (κ3) is 6.74. The quantitative estimate of drug-likeness (QED) is 0.315. The van der Waals surface area contributed by atoms with Gasteiger partial charge in [0, 0.05) is 63.5 Å². The highest BCUT2D eigenvalue weighted by atomic mass is 16.5. The number of rotatable bonds is 9. The van der Waals surface area contributed by atoms with Crippen LogP contribution in [0.2, 0.25) is 0 Å². The molecule has 3 aromatic rings. The van der Waals surface area contributed by atoms with E-state index in [4.69, 9.17) is 9.26 Å². The zero-order valence-corrected chi connectivity index (χ0v) is 27.3. The molecule has 1 amide bonds. The second kappa shape index (κ2) is 13.7. The van der Waals surface area contributed by atoms with Crippen LogP contribution in [-0.2, 0) is 4.79 Å². The van der Waals surface area contributed by atoms with E-state index < -0.39 is 12.0 Å². The number of piperidine rings is 1. The average molecular weight is 647 g/mol. The molecule has 3 saturated heterocycles. The lowest BCUT2D eigenvalue weighted by Gasteiger charge is -2.49. The van der Waals surface area contributed by atoms with Crippen LogP contribution in [0.4, 0.5) is 11.5 Å². The number of nitrogens with one attached hydrogen (secondary N) is 1. The number of anilines is 2. The fraction of sp³-hybridized carbons (Fsp3) is 0.588. The Morgan fingerprint density at radius 1 is 1.04 bits per heavy atom. The van der Waals surface area contributed by atoms with Gasteiger partial charge in [-0.1, -0.05) is 26.0 Å². The Morgan fingerprint density at radius 2 is 1.87 bits per heavy atom. The molecule has 0 unspecified atom stereocenters. The maximum absolute atomic E-state index is 13.2. The summed E-state index contributed by atoms with van der Waals surface area (Å²) in [4.78, 5) is 22.4. The highest BCUT2D eigenvalue weighted by molar-refractivity contribution is 5.83. The summed E-state index contributed by atoms with van der Waals surface area (Å²) in [6.07, 6.45) is 2.40. The fourth-order valence-electron chi connectivity index (χ4n) is 7.61. The maximum atomic E-state index is 13.2. The minimum absolute atomic E-state index is 0.0271. The molecule has 252 valence electrons. The van der Waals surface area contributed by atoms with Crippen molar-refractivity contribution in [3.05, 3.63) is 42.2 Å². The summed E-state index contributed by atoms with van der Waals surface area (Å²) in [5.41, 5.74) is 2.43. The fourth-order valence-corrected chi connectivity index (χ4v) is 7.61. The standard InChI is InChI=1S/C34H46N8O5/c1-22(2)32(34(45)41-12-9-25(43)21-41)30-18-31(38-47-30)46-16-15-39-10-7-23(8-11-39)40-13-14-42-24(20-40)19-35-33-28(42)17-27(36-37-33)26-5-3-4-6-29(26)44/h3-6,17-18,22-25,32,43-44H,7-16,19-21H2,1-2H3,(H,35,37)/t24-,25-,32-/m1/s1. The number of aromatic nitrogens is 3. The molecule has 3 N–H and O–H groups in total. The number of carbonyl (C=O) groups is 1. The predicted octanol–water partition coefficient (Wildman–Crippen LogP) is 2.63. The number of fused-ring (bicyclic) bond motifs is 3. The number of carbonyl (C=O) groups excluding carboxylic acids is 1. The van der Waals surface area contributed by atoms with Gasteiger partial charge in [-0.05, 0) is 61.6 Å². The number of phenols is 1. The number of ether oxygens (including phenoxy) is 1. The number of nitrogens with zero attached hydrogens (tertiary/aromatic N) is 7. The number of amides is 1. The first-order valence-electron chi connectivity index (χ1n) is 17.0. The van der Waals surface area contributed by atoms with Gasteiger partial charge in [0.1, 0.15) is 18.3 Å². The van der Waals surface area contributed by atoms with Crippen molar-refractivity contribution < 1.29 is 24.3 Å². The van der Waals surface area contributed by atoms with Crippen LogP contribution in [0.25, 0.3) is 11.3 Å². The Hall–Kier alpha value is -3.94. The summed E-state index contributed by atoms with van der Waals surface area (Å²) in [6.45, 7) is 12.1. The first kappa shape index (κ1) is 31.6. The van der Waals surface area contributed by atoms with Gasteiger partial charge in [-0.15, -0.1) is 10.2 Å². The molecule has 0 saturated carbocycles. The van der Waals surface area contributed by atoms with Gasteiger partial charge in [0.2, 0.25) is 5.91 Å².